The first-order valence-corrected chi connectivity index (χ1v) is 5.19. The molecule has 1 amide bonds. The number of hydrogen-bond acceptors (Lipinski definition) is 3. The molecule has 0 unspecified atom stereocenters. The number of nitrogens with two attached hydrogens (primary N) is 1. The number of rotatable bonds is 4. The highest BCUT2D eigenvalue weighted by Crippen LogP contribution is 2.04. The Morgan fingerprint density at radius 3 is 3.12 bits per heavy atom. The van der Waals surface area contributed by atoms with Crippen molar-refractivity contribution < 1.29 is 4.79 Å². The molecule has 0 spiro atoms. The van der Waals surface area contributed by atoms with Gasteiger partial charge in [-0.1, -0.05) is 6.07 Å². The molecule has 0 saturated carbocycles. The maximum atomic E-state index is 10.9. The maximum absolute atomic E-state index is 10.9. The number of nitrogens with one attached hydrogen (secondary N) is 1. The Labute approximate surface area is 93.3 Å². The van der Waals surface area contributed by atoms with Gasteiger partial charge in [0.15, 0.2) is 0 Å². The van der Waals surface area contributed by atoms with Crippen molar-refractivity contribution in [1.82, 2.24) is 14.7 Å². The molecule has 0 saturated heterocycles. The monoisotopic (exact) mass is 218 g/mol. The highest BCUT2D eigenvalue weighted by Gasteiger charge is 2.01. The molecule has 16 heavy (non-hydrogen) atoms. The van der Waals surface area contributed by atoms with Gasteiger partial charge in [0.2, 0.25) is 5.91 Å². The number of imidazole rings is 1. The minimum atomic E-state index is -0.135. The van der Waals surface area contributed by atoms with Gasteiger partial charge in [-0.2, -0.15) is 0 Å². The lowest BCUT2D eigenvalue weighted by molar-refractivity contribution is -0.119. The highest BCUT2D eigenvalue weighted by molar-refractivity contribution is 5.77. The first-order valence-electron chi connectivity index (χ1n) is 5.19. The Morgan fingerprint density at radius 2 is 2.38 bits per heavy atom. The van der Waals surface area contributed by atoms with Crippen molar-refractivity contribution in [2.75, 3.05) is 13.1 Å². The third kappa shape index (κ3) is 2.38. The molecule has 2 aromatic heterocycles. The fraction of sp³-hybridized carbons (Fsp3) is 0.273. The molecule has 0 aliphatic heterocycles. The molecule has 0 aromatic carbocycles. The number of fused-ring (bicyclic) bond motifs is 1. The third-order valence-corrected chi connectivity index (χ3v) is 2.30. The zero-order valence-corrected chi connectivity index (χ0v) is 8.89. The van der Waals surface area contributed by atoms with Crippen LogP contribution >= 0.6 is 0 Å². The standard InChI is InChI=1S/C11H14N4O/c12-7-11(16)13-5-4-9-8-15-6-2-1-3-10(15)14-9/h1-3,6,8H,4-5,7,12H2,(H,13,16). The molecule has 3 N–H and O–H groups in total. The second kappa shape index (κ2) is 4.76. The first kappa shape index (κ1) is 10.6. The van der Waals surface area contributed by atoms with Gasteiger partial charge in [-0.25, -0.2) is 4.98 Å². The van der Waals surface area contributed by atoms with Gasteiger partial charge in [0.1, 0.15) is 5.65 Å². The van der Waals surface area contributed by atoms with Gasteiger partial charge in [0.25, 0.3) is 0 Å². The normalized spacial score (nSPS) is 10.6. The summed E-state index contributed by atoms with van der Waals surface area (Å²) in [6.07, 6.45) is 4.63. The van der Waals surface area contributed by atoms with Crippen molar-refractivity contribution in [2.24, 2.45) is 5.73 Å². The summed E-state index contributed by atoms with van der Waals surface area (Å²) in [7, 11) is 0. The fourth-order valence-electron chi connectivity index (χ4n) is 1.51. The second-order valence-electron chi connectivity index (χ2n) is 3.50. The maximum Gasteiger partial charge on any atom is 0.233 e. The van der Waals surface area contributed by atoms with E-state index in [1.54, 1.807) is 0 Å². The van der Waals surface area contributed by atoms with Gasteiger partial charge in [0, 0.05) is 25.4 Å². The Balaban J connectivity index is 1.97. The molecule has 2 rings (SSSR count). The molecule has 0 aliphatic rings. The number of carbonyl (C=O) groups excluding carboxylic acids is 1. The van der Waals surface area contributed by atoms with Crippen LogP contribution in [0.3, 0.4) is 0 Å². The first-order chi connectivity index (χ1) is 7.79. The van der Waals surface area contributed by atoms with Crippen molar-refractivity contribution in [3.05, 3.63) is 36.3 Å². The van der Waals surface area contributed by atoms with Crippen LogP contribution in [0, 0.1) is 0 Å². The summed E-state index contributed by atoms with van der Waals surface area (Å²) >= 11 is 0. The lowest BCUT2D eigenvalue weighted by Crippen LogP contribution is -2.31. The number of aromatic nitrogens is 2. The minimum absolute atomic E-state index is 0.0329. The smallest absolute Gasteiger partial charge is 0.233 e. The summed E-state index contributed by atoms with van der Waals surface area (Å²) < 4.78 is 1.96. The van der Waals surface area contributed by atoms with Gasteiger partial charge in [-0.15, -0.1) is 0 Å². The molecule has 0 atom stereocenters. The number of hydrogen-bond donors (Lipinski definition) is 2. The predicted molar refractivity (Wildman–Crippen MR) is 61.0 cm³/mol. The molecule has 0 fully saturated rings. The molecule has 0 bridgehead atoms. The lowest BCUT2D eigenvalue weighted by Gasteiger charge is -2.00. The van der Waals surface area contributed by atoms with Gasteiger partial charge >= 0.3 is 0 Å². The Hall–Kier alpha value is -1.88. The minimum Gasteiger partial charge on any atom is -0.355 e. The average Bonchev–Trinajstić information content (AvgIpc) is 2.71. The summed E-state index contributed by atoms with van der Waals surface area (Å²) in [6, 6.07) is 5.85. The third-order valence-electron chi connectivity index (χ3n) is 2.30. The average molecular weight is 218 g/mol. The van der Waals surface area contributed by atoms with Crippen molar-refractivity contribution >= 4 is 11.6 Å². The van der Waals surface area contributed by atoms with E-state index in [-0.39, 0.29) is 12.5 Å². The van der Waals surface area contributed by atoms with Crippen molar-refractivity contribution in [1.29, 1.82) is 0 Å². The van der Waals surface area contributed by atoms with Crippen LogP contribution in [-0.2, 0) is 11.2 Å². The van der Waals surface area contributed by atoms with E-state index in [1.165, 1.54) is 0 Å². The van der Waals surface area contributed by atoms with Gasteiger partial charge in [-0.05, 0) is 12.1 Å². The molecular weight excluding hydrogens is 204 g/mol. The van der Waals surface area contributed by atoms with Gasteiger partial charge in [-0.3, -0.25) is 4.79 Å². The van der Waals surface area contributed by atoms with E-state index in [9.17, 15) is 4.79 Å². The number of carbonyl (C=O) groups is 1. The van der Waals surface area contributed by atoms with Crippen LogP contribution in [-0.4, -0.2) is 28.4 Å². The van der Waals surface area contributed by atoms with Crippen LogP contribution in [0.4, 0.5) is 0 Å². The molecule has 5 nitrogen and oxygen atoms in total. The number of pyridine rings is 1. The van der Waals surface area contributed by atoms with E-state index in [2.05, 4.69) is 10.3 Å². The second-order valence-corrected chi connectivity index (χ2v) is 3.50. The van der Waals surface area contributed by atoms with Crippen LogP contribution in [0.1, 0.15) is 5.69 Å². The molecule has 2 heterocycles. The SMILES string of the molecule is NCC(=O)NCCc1cn2ccccc2n1. The Bertz CT molecular complexity index is 458. The van der Waals surface area contributed by atoms with Crippen LogP contribution in [0.5, 0.6) is 0 Å². The zero-order valence-electron chi connectivity index (χ0n) is 8.89. The van der Waals surface area contributed by atoms with Gasteiger partial charge < -0.3 is 15.5 Å². The quantitative estimate of drug-likeness (QED) is 0.755. The fourth-order valence-corrected chi connectivity index (χ4v) is 1.51. The highest BCUT2D eigenvalue weighted by atomic mass is 16.1. The summed E-state index contributed by atoms with van der Waals surface area (Å²) in [6.45, 7) is 0.602. The van der Waals surface area contributed by atoms with Crippen molar-refractivity contribution in [3.63, 3.8) is 0 Å². The van der Waals surface area contributed by atoms with E-state index < -0.39 is 0 Å². The summed E-state index contributed by atoms with van der Waals surface area (Å²) in [5.41, 5.74) is 7.06. The van der Waals surface area contributed by atoms with Crippen LogP contribution < -0.4 is 11.1 Å². The molecular formula is C11H14N4O. The largest absolute Gasteiger partial charge is 0.355 e. The predicted octanol–water partition coefficient (Wildman–Crippen LogP) is -0.0483. The van der Waals surface area contributed by atoms with Crippen molar-refractivity contribution in [3.8, 4) is 0 Å². The van der Waals surface area contributed by atoms with Gasteiger partial charge in [0.05, 0.1) is 12.2 Å². The van der Waals surface area contributed by atoms with E-state index in [0.29, 0.717) is 13.0 Å². The van der Waals surface area contributed by atoms with Crippen LogP contribution in [0.25, 0.3) is 5.65 Å². The molecule has 0 radical (unpaired) electrons. The summed E-state index contributed by atoms with van der Waals surface area (Å²) in [5, 5.41) is 2.71. The Morgan fingerprint density at radius 1 is 1.50 bits per heavy atom. The number of nitrogens with zero attached hydrogens (tertiary/aromatic N) is 2. The summed E-state index contributed by atoms with van der Waals surface area (Å²) in [4.78, 5) is 15.3. The molecule has 5 heteroatoms. The topological polar surface area (TPSA) is 72.4 Å². The number of amides is 1. The van der Waals surface area contributed by atoms with E-state index in [0.717, 1.165) is 11.3 Å². The Kier molecular flexibility index (Phi) is 3.16. The summed E-state index contributed by atoms with van der Waals surface area (Å²) in [5.74, 6) is -0.135. The molecule has 2 aromatic rings. The van der Waals surface area contributed by atoms with E-state index in [4.69, 9.17) is 5.73 Å². The van der Waals surface area contributed by atoms with Crippen LogP contribution in [0.15, 0.2) is 30.6 Å². The van der Waals surface area contributed by atoms with E-state index in [1.807, 2.05) is 35.0 Å². The van der Waals surface area contributed by atoms with E-state index >= 15 is 0 Å². The zero-order chi connectivity index (χ0) is 11.4. The lowest BCUT2D eigenvalue weighted by atomic mass is 10.3. The van der Waals surface area contributed by atoms with Crippen LogP contribution in [0.2, 0.25) is 0 Å². The molecule has 84 valence electrons. The van der Waals surface area contributed by atoms with Crippen molar-refractivity contribution in [2.45, 2.75) is 6.42 Å². The molecule has 0 aliphatic carbocycles.